The number of methoxy groups -OCH3 is 1. The van der Waals surface area contributed by atoms with Gasteiger partial charge in [0.2, 0.25) is 0 Å². The minimum atomic E-state index is -0.160. The Labute approximate surface area is 145 Å². The summed E-state index contributed by atoms with van der Waals surface area (Å²) in [6.07, 6.45) is 6.42. The van der Waals surface area contributed by atoms with Crippen LogP contribution in [-0.4, -0.2) is 38.2 Å². The SMILES string of the molecule is COc1ccc(F)cc1[C@H](C1CCCCC1)N1CCNCC1.Cl. The maximum absolute atomic E-state index is 13.9. The molecule has 1 aromatic carbocycles. The average Bonchev–Trinajstić information content (AvgIpc) is 2.57. The molecule has 0 radical (unpaired) electrons. The molecular weight excluding hydrogens is 315 g/mol. The summed E-state index contributed by atoms with van der Waals surface area (Å²) in [5.41, 5.74) is 1.04. The molecule has 1 N–H and O–H groups in total. The smallest absolute Gasteiger partial charge is 0.123 e. The van der Waals surface area contributed by atoms with E-state index in [1.807, 2.05) is 0 Å². The second-order valence-electron chi connectivity index (χ2n) is 6.52. The van der Waals surface area contributed by atoms with Crippen LogP contribution in [0.15, 0.2) is 18.2 Å². The topological polar surface area (TPSA) is 24.5 Å². The summed E-state index contributed by atoms with van der Waals surface area (Å²) in [7, 11) is 1.69. The van der Waals surface area contributed by atoms with Gasteiger partial charge in [0.15, 0.2) is 0 Å². The predicted molar refractivity (Wildman–Crippen MR) is 94.0 cm³/mol. The molecule has 2 aliphatic rings. The van der Waals surface area contributed by atoms with E-state index in [1.165, 1.54) is 38.2 Å². The van der Waals surface area contributed by atoms with Gasteiger partial charge in [0.25, 0.3) is 0 Å². The summed E-state index contributed by atoms with van der Waals surface area (Å²) < 4.78 is 19.4. The zero-order valence-electron chi connectivity index (χ0n) is 13.9. The average molecular weight is 343 g/mol. The zero-order chi connectivity index (χ0) is 15.4. The first-order valence-corrected chi connectivity index (χ1v) is 8.58. The fourth-order valence-corrected chi connectivity index (χ4v) is 4.10. The minimum absolute atomic E-state index is 0. The van der Waals surface area contributed by atoms with Crippen molar-refractivity contribution in [3.8, 4) is 5.75 Å². The van der Waals surface area contributed by atoms with Crippen LogP contribution in [-0.2, 0) is 0 Å². The van der Waals surface area contributed by atoms with Crippen LogP contribution in [0.3, 0.4) is 0 Å². The van der Waals surface area contributed by atoms with Crippen molar-refractivity contribution in [2.24, 2.45) is 5.92 Å². The Morgan fingerprint density at radius 1 is 1.17 bits per heavy atom. The third-order valence-electron chi connectivity index (χ3n) is 5.15. The van der Waals surface area contributed by atoms with Crippen LogP contribution < -0.4 is 10.1 Å². The number of hydrogen-bond donors (Lipinski definition) is 1. The predicted octanol–water partition coefficient (Wildman–Crippen LogP) is 3.78. The molecule has 1 heterocycles. The molecule has 1 aromatic rings. The van der Waals surface area contributed by atoms with Gasteiger partial charge in [-0.15, -0.1) is 12.4 Å². The van der Waals surface area contributed by atoms with E-state index in [9.17, 15) is 4.39 Å². The standard InChI is InChI=1S/C18H27FN2O.ClH/c1-22-17-8-7-15(19)13-16(17)18(14-5-3-2-4-6-14)21-11-9-20-10-12-21;/h7-8,13-14,18,20H,2-6,9-12H2,1H3;1H/t18-;/m0./s1. The van der Waals surface area contributed by atoms with E-state index in [2.05, 4.69) is 10.2 Å². The van der Waals surface area contributed by atoms with Gasteiger partial charge in [-0.2, -0.15) is 0 Å². The zero-order valence-corrected chi connectivity index (χ0v) is 14.7. The van der Waals surface area contributed by atoms with Crippen LogP contribution in [0.2, 0.25) is 0 Å². The Balaban J connectivity index is 0.00000192. The molecule has 23 heavy (non-hydrogen) atoms. The number of hydrogen-bond acceptors (Lipinski definition) is 3. The summed E-state index contributed by atoms with van der Waals surface area (Å²) in [5, 5.41) is 3.42. The highest BCUT2D eigenvalue weighted by Crippen LogP contribution is 2.41. The molecule has 1 aliphatic carbocycles. The van der Waals surface area contributed by atoms with E-state index >= 15 is 0 Å². The van der Waals surface area contributed by atoms with E-state index in [-0.39, 0.29) is 24.3 Å². The van der Waals surface area contributed by atoms with E-state index in [1.54, 1.807) is 19.2 Å². The summed E-state index contributed by atoms with van der Waals surface area (Å²) in [4.78, 5) is 2.53. The largest absolute Gasteiger partial charge is 0.496 e. The Bertz CT molecular complexity index is 470. The van der Waals surface area contributed by atoms with E-state index in [0.717, 1.165) is 37.5 Å². The van der Waals surface area contributed by atoms with Crippen LogP contribution in [0.4, 0.5) is 4.39 Å². The van der Waals surface area contributed by atoms with Gasteiger partial charge >= 0.3 is 0 Å². The first kappa shape index (κ1) is 18.5. The molecule has 0 bridgehead atoms. The molecule has 0 spiro atoms. The third-order valence-corrected chi connectivity index (χ3v) is 5.15. The molecule has 0 unspecified atom stereocenters. The number of nitrogens with zero attached hydrogens (tertiary/aromatic N) is 1. The lowest BCUT2D eigenvalue weighted by molar-refractivity contribution is 0.101. The maximum Gasteiger partial charge on any atom is 0.123 e. The fraction of sp³-hybridized carbons (Fsp3) is 0.667. The van der Waals surface area contributed by atoms with Crippen molar-refractivity contribution < 1.29 is 9.13 Å². The molecule has 1 atom stereocenters. The fourth-order valence-electron chi connectivity index (χ4n) is 4.10. The van der Waals surface area contributed by atoms with Gasteiger partial charge in [-0.3, -0.25) is 4.90 Å². The molecule has 5 heteroatoms. The molecular formula is C18H28ClFN2O. The molecule has 0 amide bonds. The molecule has 1 saturated carbocycles. The van der Waals surface area contributed by atoms with Crippen LogP contribution in [0.5, 0.6) is 5.75 Å². The van der Waals surface area contributed by atoms with Crippen LogP contribution in [0.1, 0.15) is 43.7 Å². The minimum Gasteiger partial charge on any atom is -0.496 e. The lowest BCUT2D eigenvalue weighted by Crippen LogP contribution is -2.47. The molecule has 1 aliphatic heterocycles. The van der Waals surface area contributed by atoms with Crippen molar-refractivity contribution >= 4 is 12.4 Å². The Morgan fingerprint density at radius 3 is 2.52 bits per heavy atom. The summed E-state index contributed by atoms with van der Waals surface area (Å²) in [6.45, 7) is 4.09. The highest BCUT2D eigenvalue weighted by atomic mass is 35.5. The Kier molecular flexibility index (Phi) is 7.12. The van der Waals surface area contributed by atoms with Crippen molar-refractivity contribution in [3.63, 3.8) is 0 Å². The number of rotatable bonds is 4. The quantitative estimate of drug-likeness (QED) is 0.901. The van der Waals surface area contributed by atoms with Gasteiger partial charge < -0.3 is 10.1 Å². The molecule has 0 aromatic heterocycles. The van der Waals surface area contributed by atoms with Gasteiger partial charge in [0.1, 0.15) is 11.6 Å². The van der Waals surface area contributed by atoms with Crippen molar-refractivity contribution in [2.45, 2.75) is 38.1 Å². The first-order valence-electron chi connectivity index (χ1n) is 8.58. The number of halogens is 2. The summed E-state index contributed by atoms with van der Waals surface area (Å²) in [6, 6.07) is 5.26. The van der Waals surface area contributed by atoms with Gasteiger partial charge in [-0.05, 0) is 37.0 Å². The highest BCUT2D eigenvalue weighted by Gasteiger charge is 2.33. The van der Waals surface area contributed by atoms with Crippen LogP contribution >= 0.6 is 12.4 Å². The molecule has 3 nitrogen and oxygen atoms in total. The summed E-state index contributed by atoms with van der Waals surface area (Å²) >= 11 is 0. The molecule has 130 valence electrons. The molecule has 2 fully saturated rings. The van der Waals surface area contributed by atoms with Gasteiger partial charge in [-0.25, -0.2) is 4.39 Å². The number of benzene rings is 1. The number of nitrogens with one attached hydrogen (secondary N) is 1. The normalized spacial score (nSPS) is 21.5. The van der Waals surface area contributed by atoms with E-state index in [0.29, 0.717) is 5.92 Å². The van der Waals surface area contributed by atoms with Gasteiger partial charge in [-0.1, -0.05) is 19.3 Å². The first-order chi connectivity index (χ1) is 10.8. The monoisotopic (exact) mass is 342 g/mol. The van der Waals surface area contributed by atoms with E-state index < -0.39 is 0 Å². The second-order valence-corrected chi connectivity index (χ2v) is 6.52. The van der Waals surface area contributed by atoms with Crippen LogP contribution in [0, 0.1) is 11.7 Å². The molecule has 1 saturated heterocycles. The maximum atomic E-state index is 13.9. The third kappa shape index (κ3) is 4.37. The van der Waals surface area contributed by atoms with Crippen molar-refractivity contribution in [1.29, 1.82) is 0 Å². The van der Waals surface area contributed by atoms with E-state index in [4.69, 9.17) is 4.74 Å². The summed E-state index contributed by atoms with van der Waals surface area (Å²) in [5.74, 6) is 1.28. The molecule has 3 rings (SSSR count). The van der Waals surface area contributed by atoms with Gasteiger partial charge in [0.05, 0.1) is 7.11 Å². The Hall–Kier alpha value is -0.840. The highest BCUT2D eigenvalue weighted by molar-refractivity contribution is 5.85. The van der Waals surface area contributed by atoms with Gasteiger partial charge in [0, 0.05) is 37.8 Å². The Morgan fingerprint density at radius 2 is 1.87 bits per heavy atom. The lowest BCUT2D eigenvalue weighted by Gasteiger charge is -2.41. The van der Waals surface area contributed by atoms with Crippen molar-refractivity contribution in [3.05, 3.63) is 29.6 Å². The number of ether oxygens (including phenoxy) is 1. The number of piperazine rings is 1. The van der Waals surface area contributed by atoms with Crippen molar-refractivity contribution in [2.75, 3.05) is 33.3 Å². The van der Waals surface area contributed by atoms with Crippen LogP contribution in [0.25, 0.3) is 0 Å². The lowest BCUT2D eigenvalue weighted by atomic mass is 9.80. The van der Waals surface area contributed by atoms with Crippen molar-refractivity contribution in [1.82, 2.24) is 10.2 Å². The second kappa shape index (κ2) is 8.86.